The van der Waals surface area contributed by atoms with Crippen molar-refractivity contribution in [2.24, 2.45) is 0 Å². The van der Waals surface area contributed by atoms with Crippen LogP contribution in [-0.2, 0) is 17.9 Å². The van der Waals surface area contributed by atoms with E-state index < -0.39 is 6.09 Å². The maximum atomic E-state index is 11.8. The number of alkyl carbamates (subject to hydrolysis) is 1. The Labute approximate surface area is 143 Å². The Morgan fingerprint density at radius 1 is 1.09 bits per heavy atom. The first-order valence-electron chi connectivity index (χ1n) is 6.99. The summed E-state index contributed by atoms with van der Waals surface area (Å²) in [5.41, 5.74) is 1.81. The molecule has 0 unspecified atom stereocenters. The average molecular weight is 380 g/mol. The van der Waals surface area contributed by atoms with E-state index in [1.165, 1.54) is 0 Å². The van der Waals surface area contributed by atoms with Gasteiger partial charge in [0.05, 0.1) is 18.7 Å². The highest BCUT2D eigenvalue weighted by Crippen LogP contribution is 2.36. The Morgan fingerprint density at radius 3 is 2.48 bits per heavy atom. The molecule has 23 heavy (non-hydrogen) atoms. The summed E-state index contributed by atoms with van der Waals surface area (Å²) in [7, 11) is 3.14. The molecule has 0 radical (unpaired) electrons. The molecule has 122 valence electrons. The van der Waals surface area contributed by atoms with Crippen molar-refractivity contribution < 1.29 is 19.0 Å². The fourth-order valence-corrected chi connectivity index (χ4v) is 2.67. The first-order valence-corrected chi connectivity index (χ1v) is 7.78. The van der Waals surface area contributed by atoms with Gasteiger partial charge in [0, 0.05) is 6.54 Å². The van der Waals surface area contributed by atoms with Crippen LogP contribution in [0, 0.1) is 0 Å². The number of methoxy groups -OCH3 is 2. The minimum atomic E-state index is -0.472. The number of hydrogen-bond acceptors (Lipinski definition) is 4. The molecular weight excluding hydrogens is 362 g/mol. The summed E-state index contributed by atoms with van der Waals surface area (Å²) in [6, 6.07) is 13.2. The number of nitrogens with one attached hydrogen (secondary N) is 1. The van der Waals surface area contributed by atoms with Crippen LogP contribution >= 0.6 is 15.9 Å². The third-order valence-corrected chi connectivity index (χ3v) is 3.73. The van der Waals surface area contributed by atoms with Gasteiger partial charge in [0.2, 0.25) is 0 Å². The number of ether oxygens (including phenoxy) is 3. The van der Waals surface area contributed by atoms with Crippen LogP contribution in [0.1, 0.15) is 11.1 Å². The van der Waals surface area contributed by atoms with Crippen molar-refractivity contribution in [2.75, 3.05) is 14.2 Å². The molecule has 0 aromatic heterocycles. The Balaban J connectivity index is 1.90. The van der Waals surface area contributed by atoms with Gasteiger partial charge in [-0.15, -0.1) is 0 Å². The first-order chi connectivity index (χ1) is 11.1. The van der Waals surface area contributed by atoms with Crippen LogP contribution in [0.3, 0.4) is 0 Å². The number of rotatable bonds is 6. The first kappa shape index (κ1) is 17.1. The molecule has 0 atom stereocenters. The monoisotopic (exact) mass is 379 g/mol. The molecule has 1 N–H and O–H groups in total. The predicted octanol–water partition coefficient (Wildman–Crippen LogP) is 3.89. The lowest BCUT2D eigenvalue weighted by molar-refractivity contribution is 0.139. The number of carbonyl (C=O) groups is 1. The molecule has 2 rings (SSSR count). The fourth-order valence-electron chi connectivity index (χ4n) is 2.02. The van der Waals surface area contributed by atoms with Crippen molar-refractivity contribution in [1.29, 1.82) is 0 Å². The van der Waals surface area contributed by atoms with Gasteiger partial charge in [-0.2, -0.15) is 0 Å². The molecule has 5 nitrogen and oxygen atoms in total. The van der Waals surface area contributed by atoms with E-state index in [4.69, 9.17) is 14.2 Å². The Kier molecular flexibility index (Phi) is 6.29. The summed E-state index contributed by atoms with van der Waals surface area (Å²) < 4.78 is 16.4. The second-order valence-corrected chi connectivity index (χ2v) is 5.58. The van der Waals surface area contributed by atoms with Gasteiger partial charge in [-0.1, -0.05) is 30.3 Å². The SMILES string of the molecule is COc1cc(CNC(=O)OCc2ccccc2)cc(Br)c1OC. The van der Waals surface area contributed by atoms with E-state index in [1.54, 1.807) is 20.3 Å². The summed E-state index contributed by atoms with van der Waals surface area (Å²) in [4.78, 5) is 11.8. The van der Waals surface area contributed by atoms with E-state index in [9.17, 15) is 4.79 Å². The smallest absolute Gasteiger partial charge is 0.407 e. The average Bonchev–Trinajstić information content (AvgIpc) is 2.58. The molecule has 0 spiro atoms. The maximum absolute atomic E-state index is 11.8. The van der Waals surface area contributed by atoms with Gasteiger partial charge in [0.15, 0.2) is 11.5 Å². The van der Waals surface area contributed by atoms with Gasteiger partial charge in [-0.25, -0.2) is 4.79 Å². The molecule has 2 aromatic carbocycles. The van der Waals surface area contributed by atoms with Crippen molar-refractivity contribution in [3.63, 3.8) is 0 Å². The van der Waals surface area contributed by atoms with E-state index in [-0.39, 0.29) is 6.61 Å². The van der Waals surface area contributed by atoms with E-state index in [1.807, 2.05) is 36.4 Å². The molecule has 0 heterocycles. The van der Waals surface area contributed by atoms with Gasteiger partial charge in [0.25, 0.3) is 0 Å². The number of halogens is 1. The zero-order valence-corrected chi connectivity index (χ0v) is 14.6. The van der Waals surface area contributed by atoms with Crippen LogP contribution < -0.4 is 14.8 Å². The number of amides is 1. The molecule has 0 aliphatic heterocycles. The van der Waals surface area contributed by atoms with Crippen molar-refractivity contribution >= 4 is 22.0 Å². The lowest BCUT2D eigenvalue weighted by Gasteiger charge is -2.12. The molecule has 2 aromatic rings. The molecule has 0 saturated carbocycles. The predicted molar refractivity (Wildman–Crippen MR) is 90.7 cm³/mol. The van der Waals surface area contributed by atoms with Crippen LogP contribution in [0.5, 0.6) is 11.5 Å². The molecule has 6 heteroatoms. The number of benzene rings is 2. The lowest BCUT2D eigenvalue weighted by atomic mass is 10.2. The van der Waals surface area contributed by atoms with Crippen LogP contribution in [0.4, 0.5) is 4.79 Å². The quantitative estimate of drug-likeness (QED) is 0.826. The molecule has 0 saturated heterocycles. The van der Waals surface area contributed by atoms with Gasteiger partial charge >= 0.3 is 6.09 Å². The maximum Gasteiger partial charge on any atom is 0.407 e. The summed E-state index contributed by atoms with van der Waals surface area (Å²) in [6.45, 7) is 0.564. The number of hydrogen-bond donors (Lipinski definition) is 1. The van der Waals surface area contributed by atoms with Crippen molar-refractivity contribution in [3.05, 3.63) is 58.1 Å². The number of carbonyl (C=O) groups excluding carboxylic acids is 1. The minimum absolute atomic E-state index is 0.238. The topological polar surface area (TPSA) is 56.8 Å². The molecule has 0 aliphatic rings. The highest BCUT2D eigenvalue weighted by atomic mass is 79.9. The molecule has 1 amide bonds. The van der Waals surface area contributed by atoms with E-state index >= 15 is 0 Å². The zero-order chi connectivity index (χ0) is 16.7. The Morgan fingerprint density at radius 2 is 1.83 bits per heavy atom. The fraction of sp³-hybridized carbons (Fsp3) is 0.235. The lowest BCUT2D eigenvalue weighted by Crippen LogP contribution is -2.23. The van der Waals surface area contributed by atoms with Gasteiger partial charge in [0.1, 0.15) is 6.61 Å². The molecule has 0 bridgehead atoms. The van der Waals surface area contributed by atoms with Crippen molar-refractivity contribution in [2.45, 2.75) is 13.2 Å². The minimum Gasteiger partial charge on any atom is -0.493 e. The van der Waals surface area contributed by atoms with Crippen LogP contribution in [-0.4, -0.2) is 20.3 Å². The summed E-state index contributed by atoms with van der Waals surface area (Å²) in [5.74, 6) is 1.21. The van der Waals surface area contributed by atoms with Crippen LogP contribution in [0.2, 0.25) is 0 Å². The summed E-state index contributed by atoms with van der Waals surface area (Å²) in [5, 5.41) is 2.71. The third kappa shape index (κ3) is 4.89. The standard InChI is InChI=1S/C17H18BrNO4/c1-21-15-9-13(8-14(18)16(15)22-2)10-19-17(20)23-11-12-6-4-3-5-7-12/h3-9H,10-11H2,1-2H3,(H,19,20). The van der Waals surface area contributed by atoms with E-state index in [2.05, 4.69) is 21.2 Å². The second-order valence-electron chi connectivity index (χ2n) is 4.73. The summed E-state index contributed by atoms with van der Waals surface area (Å²) in [6.07, 6.45) is -0.472. The van der Waals surface area contributed by atoms with Gasteiger partial charge in [-0.05, 0) is 39.2 Å². The van der Waals surface area contributed by atoms with E-state index in [0.717, 1.165) is 15.6 Å². The Hall–Kier alpha value is -2.21. The zero-order valence-electron chi connectivity index (χ0n) is 13.0. The highest BCUT2D eigenvalue weighted by molar-refractivity contribution is 9.10. The van der Waals surface area contributed by atoms with Crippen molar-refractivity contribution in [1.82, 2.24) is 5.32 Å². The molecule has 0 fully saturated rings. The molecule has 0 aliphatic carbocycles. The molecular formula is C17H18BrNO4. The van der Waals surface area contributed by atoms with E-state index in [0.29, 0.717) is 18.0 Å². The highest BCUT2D eigenvalue weighted by Gasteiger charge is 2.11. The van der Waals surface area contributed by atoms with Gasteiger partial charge in [-0.3, -0.25) is 0 Å². The normalized spacial score (nSPS) is 10.0. The van der Waals surface area contributed by atoms with Crippen LogP contribution in [0.15, 0.2) is 46.9 Å². The third-order valence-electron chi connectivity index (χ3n) is 3.14. The second kappa shape index (κ2) is 8.43. The van der Waals surface area contributed by atoms with Crippen LogP contribution in [0.25, 0.3) is 0 Å². The van der Waals surface area contributed by atoms with Crippen molar-refractivity contribution in [3.8, 4) is 11.5 Å². The van der Waals surface area contributed by atoms with Gasteiger partial charge < -0.3 is 19.5 Å². The summed E-state index contributed by atoms with van der Waals surface area (Å²) >= 11 is 3.42. The largest absolute Gasteiger partial charge is 0.493 e. The Bertz CT molecular complexity index is 661.